The Balaban J connectivity index is 1.87. The average molecular weight is 360 g/mol. The fourth-order valence-electron chi connectivity index (χ4n) is 3.85. The fraction of sp³-hybridized carbons (Fsp3) is 0.760. The minimum atomic E-state index is 1.23. The summed E-state index contributed by atoms with van der Waals surface area (Å²) in [6, 6.07) is 8.85. The van der Waals surface area contributed by atoms with E-state index in [9.17, 15) is 0 Å². The SMILES string of the molecule is CCCCCCCCCCCCCCCCCc1ccccc1N(C)C. The van der Waals surface area contributed by atoms with Crippen LogP contribution < -0.4 is 4.90 Å². The van der Waals surface area contributed by atoms with Gasteiger partial charge in [0.1, 0.15) is 0 Å². The zero-order chi connectivity index (χ0) is 18.9. The van der Waals surface area contributed by atoms with Crippen LogP contribution in [0.5, 0.6) is 0 Å². The summed E-state index contributed by atoms with van der Waals surface area (Å²) in [5, 5.41) is 0. The molecule has 150 valence electrons. The predicted octanol–water partition coefficient (Wildman–Crippen LogP) is 8.17. The molecule has 0 aliphatic carbocycles. The van der Waals surface area contributed by atoms with Gasteiger partial charge in [-0.25, -0.2) is 0 Å². The molecule has 0 atom stereocenters. The van der Waals surface area contributed by atoms with E-state index in [0.29, 0.717) is 0 Å². The molecular weight excluding hydrogens is 314 g/mol. The highest BCUT2D eigenvalue weighted by molar-refractivity contribution is 5.52. The van der Waals surface area contributed by atoms with E-state index < -0.39 is 0 Å². The summed E-state index contributed by atoms with van der Waals surface area (Å²) < 4.78 is 0. The Labute approximate surface area is 164 Å². The molecule has 0 amide bonds. The molecule has 0 bridgehead atoms. The van der Waals surface area contributed by atoms with Gasteiger partial charge in [0.25, 0.3) is 0 Å². The molecular formula is C25H45N. The van der Waals surface area contributed by atoms with Crippen molar-refractivity contribution in [2.75, 3.05) is 19.0 Å². The van der Waals surface area contributed by atoms with Gasteiger partial charge in [0.05, 0.1) is 0 Å². The molecule has 0 spiro atoms. The predicted molar refractivity (Wildman–Crippen MR) is 119 cm³/mol. The van der Waals surface area contributed by atoms with Gasteiger partial charge in [0.2, 0.25) is 0 Å². The lowest BCUT2D eigenvalue weighted by Gasteiger charge is -2.17. The molecule has 1 aromatic rings. The van der Waals surface area contributed by atoms with Crippen LogP contribution in [-0.4, -0.2) is 14.1 Å². The van der Waals surface area contributed by atoms with Crippen molar-refractivity contribution in [1.29, 1.82) is 0 Å². The van der Waals surface area contributed by atoms with Crippen molar-refractivity contribution >= 4 is 5.69 Å². The Morgan fingerprint density at radius 1 is 0.577 bits per heavy atom. The van der Waals surface area contributed by atoms with Crippen molar-refractivity contribution in [2.24, 2.45) is 0 Å². The molecule has 0 unspecified atom stereocenters. The van der Waals surface area contributed by atoms with E-state index in [1.807, 2.05) is 0 Å². The molecule has 1 rings (SSSR count). The molecule has 1 nitrogen and oxygen atoms in total. The van der Waals surface area contributed by atoms with Crippen LogP contribution in [0, 0.1) is 0 Å². The molecule has 0 saturated heterocycles. The first-order chi connectivity index (χ1) is 12.8. The molecule has 1 aromatic carbocycles. The first-order valence-electron chi connectivity index (χ1n) is 11.5. The molecule has 0 aliphatic rings. The summed E-state index contributed by atoms with van der Waals surface area (Å²) in [5.41, 5.74) is 2.89. The van der Waals surface area contributed by atoms with Crippen LogP contribution in [-0.2, 0) is 6.42 Å². The van der Waals surface area contributed by atoms with Gasteiger partial charge in [0.15, 0.2) is 0 Å². The van der Waals surface area contributed by atoms with E-state index in [1.165, 1.54) is 114 Å². The molecule has 0 saturated carbocycles. The number of anilines is 1. The Morgan fingerprint density at radius 3 is 1.46 bits per heavy atom. The van der Waals surface area contributed by atoms with Crippen LogP contribution in [0.1, 0.15) is 109 Å². The zero-order valence-electron chi connectivity index (χ0n) is 18.1. The maximum atomic E-state index is 2.30. The number of hydrogen-bond donors (Lipinski definition) is 0. The highest BCUT2D eigenvalue weighted by Gasteiger charge is 2.03. The summed E-state index contributed by atoms with van der Waals surface area (Å²) in [4.78, 5) is 2.24. The molecule has 0 heterocycles. The second-order valence-electron chi connectivity index (χ2n) is 8.22. The van der Waals surface area contributed by atoms with E-state index in [0.717, 1.165) is 0 Å². The second kappa shape index (κ2) is 16.2. The third-order valence-corrected chi connectivity index (χ3v) is 5.52. The largest absolute Gasteiger partial charge is 0.377 e. The van der Waals surface area contributed by atoms with E-state index in [1.54, 1.807) is 0 Å². The maximum Gasteiger partial charge on any atom is 0.0393 e. The second-order valence-corrected chi connectivity index (χ2v) is 8.22. The monoisotopic (exact) mass is 359 g/mol. The Hall–Kier alpha value is -0.980. The first kappa shape index (κ1) is 23.1. The van der Waals surface area contributed by atoms with E-state index in [-0.39, 0.29) is 0 Å². The summed E-state index contributed by atoms with van der Waals surface area (Å²) in [7, 11) is 4.29. The quantitative estimate of drug-likeness (QED) is 0.253. The van der Waals surface area contributed by atoms with Gasteiger partial charge in [-0.1, -0.05) is 115 Å². The fourth-order valence-corrected chi connectivity index (χ4v) is 3.85. The van der Waals surface area contributed by atoms with Gasteiger partial charge in [-0.3, -0.25) is 0 Å². The van der Waals surface area contributed by atoms with Crippen LogP contribution in [0.3, 0.4) is 0 Å². The maximum absolute atomic E-state index is 2.30. The van der Waals surface area contributed by atoms with E-state index >= 15 is 0 Å². The van der Waals surface area contributed by atoms with Gasteiger partial charge in [0, 0.05) is 19.8 Å². The van der Waals surface area contributed by atoms with Crippen molar-refractivity contribution in [2.45, 2.75) is 110 Å². The Kier molecular flexibility index (Phi) is 14.4. The van der Waals surface area contributed by atoms with Crippen LogP contribution in [0.15, 0.2) is 24.3 Å². The number of hydrogen-bond acceptors (Lipinski definition) is 1. The number of benzene rings is 1. The van der Waals surface area contributed by atoms with Gasteiger partial charge in [-0.2, -0.15) is 0 Å². The molecule has 0 N–H and O–H groups in total. The molecule has 26 heavy (non-hydrogen) atoms. The van der Waals surface area contributed by atoms with Crippen LogP contribution in [0.2, 0.25) is 0 Å². The minimum Gasteiger partial charge on any atom is -0.377 e. The molecule has 0 aliphatic heterocycles. The van der Waals surface area contributed by atoms with E-state index in [4.69, 9.17) is 0 Å². The topological polar surface area (TPSA) is 3.24 Å². The molecule has 1 heteroatoms. The van der Waals surface area contributed by atoms with Crippen molar-refractivity contribution in [3.05, 3.63) is 29.8 Å². The van der Waals surface area contributed by atoms with E-state index in [2.05, 4.69) is 50.2 Å². The van der Waals surface area contributed by atoms with Crippen molar-refractivity contribution in [3.8, 4) is 0 Å². The third-order valence-electron chi connectivity index (χ3n) is 5.52. The van der Waals surface area contributed by atoms with Gasteiger partial charge < -0.3 is 4.90 Å². The van der Waals surface area contributed by atoms with Gasteiger partial charge in [-0.15, -0.1) is 0 Å². The lowest BCUT2D eigenvalue weighted by atomic mass is 10.0. The lowest BCUT2D eigenvalue weighted by Crippen LogP contribution is -2.11. The number of rotatable bonds is 17. The number of nitrogens with zero attached hydrogens (tertiary/aromatic N) is 1. The lowest BCUT2D eigenvalue weighted by molar-refractivity contribution is 0.532. The zero-order valence-corrected chi connectivity index (χ0v) is 18.1. The van der Waals surface area contributed by atoms with Crippen LogP contribution in [0.25, 0.3) is 0 Å². The first-order valence-corrected chi connectivity index (χ1v) is 11.5. The normalized spacial score (nSPS) is 11.0. The van der Waals surface area contributed by atoms with Crippen LogP contribution in [0.4, 0.5) is 5.69 Å². The molecule has 0 fully saturated rings. The molecule has 0 aromatic heterocycles. The Morgan fingerprint density at radius 2 is 1.00 bits per heavy atom. The average Bonchev–Trinajstić information content (AvgIpc) is 2.65. The highest BCUT2D eigenvalue weighted by Crippen LogP contribution is 2.21. The molecule has 0 radical (unpaired) electrons. The third kappa shape index (κ3) is 11.6. The van der Waals surface area contributed by atoms with Gasteiger partial charge in [-0.05, 0) is 24.5 Å². The van der Waals surface area contributed by atoms with Crippen molar-refractivity contribution < 1.29 is 0 Å². The number of para-hydroxylation sites is 1. The summed E-state index contributed by atoms with van der Waals surface area (Å²) in [5.74, 6) is 0. The van der Waals surface area contributed by atoms with Crippen molar-refractivity contribution in [1.82, 2.24) is 0 Å². The van der Waals surface area contributed by atoms with Gasteiger partial charge >= 0.3 is 0 Å². The minimum absolute atomic E-state index is 1.23. The smallest absolute Gasteiger partial charge is 0.0393 e. The number of unbranched alkanes of at least 4 members (excludes halogenated alkanes) is 14. The summed E-state index contributed by atoms with van der Waals surface area (Å²) in [6.07, 6.45) is 22.8. The summed E-state index contributed by atoms with van der Waals surface area (Å²) in [6.45, 7) is 2.30. The Bertz CT molecular complexity index is 424. The number of aryl methyl sites for hydroxylation is 1. The van der Waals surface area contributed by atoms with Crippen LogP contribution >= 0.6 is 0 Å². The standard InChI is InChI=1S/C25H45N/c1-4-5-6-7-8-9-10-11-12-13-14-15-16-17-18-21-24-22-19-20-23-25(24)26(2)3/h19-20,22-23H,4-18,21H2,1-3H3. The summed E-state index contributed by atoms with van der Waals surface area (Å²) >= 11 is 0. The highest BCUT2D eigenvalue weighted by atomic mass is 15.1. The van der Waals surface area contributed by atoms with Crippen molar-refractivity contribution in [3.63, 3.8) is 0 Å².